The van der Waals surface area contributed by atoms with Crippen molar-refractivity contribution in [1.29, 1.82) is 0 Å². The highest BCUT2D eigenvalue weighted by Gasteiger charge is 2.23. The molecular formula is C20H21N3O2S2. The van der Waals surface area contributed by atoms with E-state index in [1.165, 1.54) is 28.6 Å². The van der Waals surface area contributed by atoms with Crippen molar-refractivity contribution in [2.45, 2.75) is 49.4 Å². The molecule has 1 aliphatic carbocycles. The van der Waals surface area contributed by atoms with E-state index in [-0.39, 0.29) is 5.56 Å². The average molecular weight is 400 g/mol. The van der Waals surface area contributed by atoms with Gasteiger partial charge in [0.05, 0.1) is 16.3 Å². The molecule has 0 unspecified atom stereocenters. The van der Waals surface area contributed by atoms with E-state index in [0.29, 0.717) is 5.16 Å². The first-order valence-electron chi connectivity index (χ1n) is 9.15. The summed E-state index contributed by atoms with van der Waals surface area (Å²) >= 11 is 2.86. The molecule has 1 aromatic carbocycles. The second-order valence-corrected chi connectivity index (χ2v) is 9.17. The zero-order valence-electron chi connectivity index (χ0n) is 15.1. The van der Waals surface area contributed by atoms with Gasteiger partial charge in [-0.25, -0.2) is 4.98 Å². The molecule has 4 rings (SSSR count). The molecule has 7 heteroatoms. The largest absolute Gasteiger partial charge is 0.369 e. The summed E-state index contributed by atoms with van der Waals surface area (Å²) in [5.41, 5.74) is 7.33. The lowest BCUT2D eigenvalue weighted by atomic mass is 10.1. The fourth-order valence-corrected chi connectivity index (χ4v) is 5.64. The van der Waals surface area contributed by atoms with Crippen LogP contribution in [0.1, 0.15) is 36.6 Å². The Bertz CT molecular complexity index is 1060. The Kier molecular flexibility index (Phi) is 5.06. The third kappa shape index (κ3) is 3.41. The van der Waals surface area contributed by atoms with Gasteiger partial charge in [-0.05, 0) is 50.3 Å². The van der Waals surface area contributed by atoms with E-state index in [4.69, 9.17) is 10.7 Å². The molecular weight excluding hydrogens is 378 g/mol. The number of hydrogen-bond acceptors (Lipinski definition) is 5. The fourth-order valence-electron chi connectivity index (χ4n) is 3.46. The first kappa shape index (κ1) is 18.3. The van der Waals surface area contributed by atoms with Crippen molar-refractivity contribution < 1.29 is 4.79 Å². The molecule has 3 aromatic rings. The first-order valence-corrected chi connectivity index (χ1v) is 10.8. The summed E-state index contributed by atoms with van der Waals surface area (Å²) in [6, 6.07) is 9.48. The molecule has 0 saturated heterocycles. The molecule has 0 fully saturated rings. The molecule has 2 aromatic heterocycles. The number of rotatable bonds is 4. The number of thioether (sulfide) groups is 1. The van der Waals surface area contributed by atoms with Gasteiger partial charge in [0, 0.05) is 4.88 Å². The second-order valence-electron chi connectivity index (χ2n) is 6.78. The maximum Gasteiger partial charge on any atom is 0.267 e. The number of amides is 1. The highest BCUT2D eigenvalue weighted by Crippen LogP contribution is 2.35. The predicted octanol–water partition coefficient (Wildman–Crippen LogP) is 3.68. The number of nitrogens with two attached hydrogens (primary N) is 1. The van der Waals surface area contributed by atoms with Crippen LogP contribution in [0.25, 0.3) is 15.9 Å². The molecule has 0 radical (unpaired) electrons. The van der Waals surface area contributed by atoms with Crippen LogP contribution in [0.3, 0.4) is 0 Å². The number of carbonyl (C=O) groups is 1. The van der Waals surface area contributed by atoms with E-state index >= 15 is 0 Å². The fraction of sp³-hybridized carbons (Fsp3) is 0.350. The molecule has 1 atom stereocenters. The number of primary amides is 1. The van der Waals surface area contributed by atoms with Crippen LogP contribution in [-0.4, -0.2) is 20.7 Å². The first-order chi connectivity index (χ1) is 13.1. The molecule has 2 N–H and O–H groups in total. The summed E-state index contributed by atoms with van der Waals surface area (Å²) < 4.78 is 1.63. The summed E-state index contributed by atoms with van der Waals surface area (Å²) in [5.74, 6) is -0.420. The van der Waals surface area contributed by atoms with Crippen LogP contribution < -0.4 is 11.3 Å². The van der Waals surface area contributed by atoms with Gasteiger partial charge in [-0.2, -0.15) is 0 Å². The van der Waals surface area contributed by atoms with Crippen LogP contribution in [0.2, 0.25) is 0 Å². The van der Waals surface area contributed by atoms with Crippen molar-refractivity contribution in [1.82, 2.24) is 9.55 Å². The van der Waals surface area contributed by atoms with Gasteiger partial charge >= 0.3 is 0 Å². The van der Waals surface area contributed by atoms with Crippen molar-refractivity contribution in [3.63, 3.8) is 0 Å². The number of para-hydroxylation sites is 1. The van der Waals surface area contributed by atoms with Gasteiger partial charge in [-0.15, -0.1) is 11.3 Å². The average Bonchev–Trinajstić information content (AvgIpc) is 2.84. The number of aromatic nitrogens is 2. The lowest BCUT2D eigenvalue weighted by Crippen LogP contribution is -2.26. The van der Waals surface area contributed by atoms with Gasteiger partial charge in [0.25, 0.3) is 5.56 Å². The molecule has 1 amide bonds. The molecule has 2 heterocycles. The quantitative estimate of drug-likeness (QED) is 0.412. The molecule has 5 nitrogen and oxygen atoms in total. The minimum absolute atomic E-state index is 0.0511. The van der Waals surface area contributed by atoms with Crippen molar-refractivity contribution in [3.05, 3.63) is 51.1 Å². The van der Waals surface area contributed by atoms with Gasteiger partial charge in [-0.1, -0.05) is 36.4 Å². The number of carbonyl (C=O) groups excluding carboxylic acids is 1. The Labute approximate surface area is 165 Å². The van der Waals surface area contributed by atoms with E-state index in [1.807, 2.05) is 30.3 Å². The number of aryl methyl sites for hydroxylation is 2. The van der Waals surface area contributed by atoms with E-state index < -0.39 is 11.2 Å². The van der Waals surface area contributed by atoms with Crippen LogP contribution in [0.5, 0.6) is 0 Å². The SMILES string of the molecule is C[C@@H](Sc1nc2sc3c(c2c(=O)n1-c1ccccc1)CCCCC3)C(N)=O. The van der Waals surface area contributed by atoms with Crippen molar-refractivity contribution in [3.8, 4) is 5.69 Å². The third-order valence-electron chi connectivity index (χ3n) is 4.91. The smallest absolute Gasteiger partial charge is 0.267 e. The summed E-state index contributed by atoms with van der Waals surface area (Å²) in [6.45, 7) is 1.74. The van der Waals surface area contributed by atoms with Crippen molar-refractivity contribution >= 4 is 39.2 Å². The number of hydrogen-bond donors (Lipinski definition) is 1. The Hall–Kier alpha value is -2.12. The molecule has 0 saturated carbocycles. The van der Waals surface area contributed by atoms with Crippen LogP contribution in [-0.2, 0) is 17.6 Å². The zero-order chi connectivity index (χ0) is 19.0. The molecule has 0 aliphatic heterocycles. The Balaban J connectivity index is 1.98. The van der Waals surface area contributed by atoms with Crippen molar-refractivity contribution in [2.75, 3.05) is 0 Å². The maximum atomic E-state index is 13.5. The van der Waals surface area contributed by atoms with E-state index in [2.05, 4.69) is 0 Å². The molecule has 0 bridgehead atoms. The lowest BCUT2D eigenvalue weighted by Gasteiger charge is -2.14. The predicted molar refractivity (Wildman–Crippen MR) is 111 cm³/mol. The summed E-state index contributed by atoms with van der Waals surface area (Å²) in [7, 11) is 0. The molecule has 27 heavy (non-hydrogen) atoms. The molecule has 1 aliphatic rings. The second kappa shape index (κ2) is 7.48. The monoisotopic (exact) mass is 399 g/mol. The summed E-state index contributed by atoms with van der Waals surface area (Å²) in [5, 5.41) is 0.792. The Morgan fingerprint density at radius 1 is 1.22 bits per heavy atom. The topological polar surface area (TPSA) is 78.0 Å². The van der Waals surface area contributed by atoms with Crippen LogP contribution in [0, 0.1) is 0 Å². The summed E-state index contributed by atoms with van der Waals surface area (Å²) in [6.07, 6.45) is 5.42. The molecule has 0 spiro atoms. The number of benzene rings is 1. The van der Waals surface area contributed by atoms with Crippen LogP contribution >= 0.6 is 23.1 Å². The normalized spacial score (nSPS) is 15.3. The maximum absolute atomic E-state index is 13.5. The van der Waals surface area contributed by atoms with Gasteiger partial charge in [0.1, 0.15) is 4.83 Å². The van der Waals surface area contributed by atoms with Crippen LogP contribution in [0.4, 0.5) is 0 Å². The van der Waals surface area contributed by atoms with E-state index in [9.17, 15) is 9.59 Å². The Morgan fingerprint density at radius 3 is 2.70 bits per heavy atom. The highest BCUT2D eigenvalue weighted by molar-refractivity contribution is 8.00. The standard InChI is InChI=1S/C20H21N3O2S2/c1-12(17(21)24)26-20-22-18-16(14-10-6-3-7-11-15(14)27-18)19(25)23(20)13-8-4-2-5-9-13/h2,4-5,8-9,12H,3,6-7,10-11H2,1H3,(H2,21,24)/t12-/m1/s1. The zero-order valence-corrected chi connectivity index (χ0v) is 16.7. The number of fused-ring (bicyclic) bond motifs is 3. The third-order valence-corrected chi connectivity index (χ3v) is 7.16. The highest BCUT2D eigenvalue weighted by atomic mass is 32.2. The minimum atomic E-state index is -0.470. The summed E-state index contributed by atoms with van der Waals surface area (Å²) in [4.78, 5) is 32.0. The number of nitrogens with zero attached hydrogens (tertiary/aromatic N) is 2. The lowest BCUT2D eigenvalue weighted by molar-refractivity contribution is -0.117. The van der Waals surface area contributed by atoms with Gasteiger partial charge in [-0.3, -0.25) is 14.2 Å². The van der Waals surface area contributed by atoms with Crippen molar-refractivity contribution in [2.24, 2.45) is 5.73 Å². The van der Waals surface area contributed by atoms with Gasteiger partial charge < -0.3 is 5.73 Å². The van der Waals surface area contributed by atoms with E-state index in [0.717, 1.165) is 41.6 Å². The van der Waals surface area contributed by atoms with Gasteiger partial charge in [0.15, 0.2) is 5.16 Å². The minimum Gasteiger partial charge on any atom is -0.369 e. The van der Waals surface area contributed by atoms with E-state index in [1.54, 1.807) is 22.8 Å². The molecule has 140 valence electrons. The van der Waals surface area contributed by atoms with Crippen LogP contribution in [0.15, 0.2) is 40.3 Å². The van der Waals surface area contributed by atoms with Gasteiger partial charge in [0.2, 0.25) is 5.91 Å². The number of thiophene rings is 1. The Morgan fingerprint density at radius 2 is 1.96 bits per heavy atom.